The van der Waals surface area contributed by atoms with E-state index in [1.165, 1.54) is 12.1 Å². The number of carbonyl (C=O) groups is 2. The van der Waals surface area contributed by atoms with Gasteiger partial charge in [0.25, 0.3) is 5.91 Å². The molecule has 27 heavy (non-hydrogen) atoms. The third-order valence-corrected chi connectivity index (χ3v) is 5.51. The van der Waals surface area contributed by atoms with Crippen LogP contribution < -0.4 is 20.1 Å². The lowest BCUT2D eigenvalue weighted by Gasteiger charge is -2.26. The molecule has 0 saturated carbocycles. The average Bonchev–Trinajstić information content (AvgIpc) is 3.14. The molecular weight excluding hydrogens is 371 g/mol. The van der Waals surface area contributed by atoms with Crippen LogP contribution in [-0.2, 0) is 4.79 Å². The fourth-order valence-electron chi connectivity index (χ4n) is 3.06. The van der Waals surface area contributed by atoms with Crippen LogP contribution in [0.5, 0.6) is 11.5 Å². The van der Waals surface area contributed by atoms with Crippen LogP contribution in [0, 0.1) is 5.82 Å². The Morgan fingerprint density at radius 3 is 2.89 bits per heavy atom. The predicted molar refractivity (Wildman–Crippen MR) is 97.5 cm³/mol. The van der Waals surface area contributed by atoms with Gasteiger partial charge in [0.1, 0.15) is 5.82 Å². The average molecular weight is 388 g/mol. The summed E-state index contributed by atoms with van der Waals surface area (Å²) in [7, 11) is 0. The maximum atomic E-state index is 13.5. The minimum absolute atomic E-state index is 0.130. The van der Waals surface area contributed by atoms with E-state index in [9.17, 15) is 14.0 Å². The molecule has 0 radical (unpaired) electrons. The van der Waals surface area contributed by atoms with Crippen molar-refractivity contribution in [2.75, 3.05) is 19.1 Å². The number of thioether (sulfide) groups is 1. The molecule has 0 unspecified atom stereocenters. The first-order chi connectivity index (χ1) is 13.1. The summed E-state index contributed by atoms with van der Waals surface area (Å²) >= 11 is 1.64. The second kappa shape index (κ2) is 7.48. The first-order valence-electron chi connectivity index (χ1n) is 8.49. The molecule has 0 spiro atoms. The molecule has 8 heteroatoms. The molecule has 2 aromatic carbocycles. The zero-order valence-corrected chi connectivity index (χ0v) is 15.1. The molecule has 140 valence electrons. The third-order valence-electron chi connectivity index (χ3n) is 4.39. The summed E-state index contributed by atoms with van der Waals surface area (Å²) in [4.78, 5) is 25.5. The van der Waals surface area contributed by atoms with Crippen LogP contribution in [0.1, 0.15) is 28.4 Å². The lowest BCUT2D eigenvalue weighted by molar-refractivity contribution is -0.120. The van der Waals surface area contributed by atoms with Gasteiger partial charge in [-0.15, -0.1) is 11.8 Å². The van der Waals surface area contributed by atoms with Gasteiger partial charge >= 0.3 is 0 Å². The molecule has 2 aliphatic heterocycles. The van der Waals surface area contributed by atoms with Gasteiger partial charge in [-0.3, -0.25) is 9.59 Å². The summed E-state index contributed by atoms with van der Waals surface area (Å²) < 4.78 is 24.0. The minimum Gasteiger partial charge on any atom is -0.454 e. The Balaban J connectivity index is 1.35. The summed E-state index contributed by atoms with van der Waals surface area (Å²) in [6.45, 7) is -0.0356. The van der Waals surface area contributed by atoms with Crippen LogP contribution >= 0.6 is 11.8 Å². The summed E-state index contributed by atoms with van der Waals surface area (Å²) in [5.74, 6) is 0.903. The van der Waals surface area contributed by atoms with Gasteiger partial charge < -0.3 is 20.1 Å². The van der Waals surface area contributed by atoms with E-state index in [1.807, 2.05) is 0 Å². The fourth-order valence-corrected chi connectivity index (χ4v) is 4.17. The summed E-state index contributed by atoms with van der Waals surface area (Å²) in [5, 5.41) is 5.46. The van der Waals surface area contributed by atoms with E-state index in [2.05, 4.69) is 10.6 Å². The van der Waals surface area contributed by atoms with Crippen molar-refractivity contribution in [3.05, 3.63) is 53.3 Å². The molecule has 6 nitrogen and oxygen atoms in total. The number of carbonyl (C=O) groups excluding carboxylic acids is 2. The molecule has 0 saturated heterocycles. The number of hydrogen-bond acceptors (Lipinski definition) is 5. The van der Waals surface area contributed by atoms with Gasteiger partial charge in [0.05, 0.1) is 12.6 Å². The van der Waals surface area contributed by atoms with Crippen LogP contribution in [0.25, 0.3) is 0 Å². The highest BCUT2D eigenvalue weighted by Crippen LogP contribution is 2.36. The van der Waals surface area contributed by atoms with Gasteiger partial charge in [0.15, 0.2) is 11.5 Å². The highest BCUT2D eigenvalue weighted by Gasteiger charge is 2.23. The summed E-state index contributed by atoms with van der Waals surface area (Å²) in [6.07, 6.45) is 0.711. The highest BCUT2D eigenvalue weighted by molar-refractivity contribution is 7.99. The van der Waals surface area contributed by atoms with E-state index in [4.69, 9.17) is 9.47 Å². The topological polar surface area (TPSA) is 76.7 Å². The normalized spacial score (nSPS) is 17.1. The number of benzene rings is 2. The molecule has 1 atom stereocenters. The maximum absolute atomic E-state index is 13.5. The van der Waals surface area contributed by atoms with Gasteiger partial charge in [-0.25, -0.2) is 4.39 Å². The van der Waals surface area contributed by atoms with E-state index in [0.717, 1.165) is 16.2 Å². The number of hydrogen-bond donors (Lipinski definition) is 2. The van der Waals surface area contributed by atoms with Crippen molar-refractivity contribution in [2.24, 2.45) is 0 Å². The molecule has 2 aliphatic rings. The number of amides is 2. The van der Waals surface area contributed by atoms with Crippen molar-refractivity contribution < 1.29 is 23.5 Å². The van der Waals surface area contributed by atoms with Crippen LogP contribution in [0.2, 0.25) is 0 Å². The van der Waals surface area contributed by atoms with Crippen LogP contribution in [0.4, 0.5) is 4.39 Å². The van der Waals surface area contributed by atoms with E-state index in [-0.39, 0.29) is 37.0 Å². The largest absolute Gasteiger partial charge is 0.454 e. The van der Waals surface area contributed by atoms with Crippen molar-refractivity contribution in [2.45, 2.75) is 17.4 Å². The van der Waals surface area contributed by atoms with E-state index >= 15 is 0 Å². The number of nitrogens with one attached hydrogen (secondary N) is 2. The van der Waals surface area contributed by atoms with Crippen molar-refractivity contribution in [1.29, 1.82) is 0 Å². The zero-order chi connectivity index (χ0) is 18.8. The Bertz CT molecular complexity index is 905. The number of rotatable bonds is 4. The second-order valence-corrected chi connectivity index (χ2v) is 7.33. The molecular formula is C19H17FN2O4S. The van der Waals surface area contributed by atoms with Crippen LogP contribution in [0.3, 0.4) is 0 Å². The second-order valence-electron chi connectivity index (χ2n) is 6.19. The fraction of sp³-hybridized carbons (Fsp3) is 0.263. The van der Waals surface area contributed by atoms with Crippen molar-refractivity contribution in [1.82, 2.24) is 10.6 Å². The SMILES string of the molecule is O=C(CNC(=O)c1ccc2c(c1)OCO2)N[C@@H]1CCSc2ccc(F)cc21. The molecule has 2 amide bonds. The monoisotopic (exact) mass is 388 g/mol. The van der Waals surface area contributed by atoms with Gasteiger partial charge in [-0.05, 0) is 48.4 Å². The van der Waals surface area contributed by atoms with Crippen molar-refractivity contribution in [3.8, 4) is 11.5 Å². The lowest BCUT2D eigenvalue weighted by atomic mass is 10.0. The Kier molecular flexibility index (Phi) is 4.89. The Morgan fingerprint density at radius 1 is 1.15 bits per heavy atom. The van der Waals surface area contributed by atoms with Crippen LogP contribution in [-0.4, -0.2) is 30.9 Å². The Labute approximate surface area is 159 Å². The molecule has 2 N–H and O–H groups in total. The molecule has 4 rings (SSSR count). The smallest absolute Gasteiger partial charge is 0.251 e. The zero-order valence-electron chi connectivity index (χ0n) is 14.3. The van der Waals surface area contributed by atoms with Gasteiger partial charge in [0.2, 0.25) is 12.7 Å². The van der Waals surface area contributed by atoms with E-state index in [0.29, 0.717) is 23.5 Å². The van der Waals surface area contributed by atoms with E-state index in [1.54, 1.807) is 36.0 Å². The van der Waals surface area contributed by atoms with Gasteiger partial charge in [-0.2, -0.15) is 0 Å². The van der Waals surface area contributed by atoms with E-state index < -0.39 is 0 Å². The van der Waals surface area contributed by atoms with Crippen molar-refractivity contribution in [3.63, 3.8) is 0 Å². The quantitative estimate of drug-likeness (QED) is 0.842. The minimum atomic E-state index is -0.380. The molecule has 2 aromatic rings. The highest BCUT2D eigenvalue weighted by atomic mass is 32.2. The van der Waals surface area contributed by atoms with Gasteiger partial charge in [0, 0.05) is 16.2 Å². The number of fused-ring (bicyclic) bond motifs is 2. The molecule has 0 bridgehead atoms. The molecule has 0 aliphatic carbocycles. The lowest BCUT2D eigenvalue weighted by Crippen LogP contribution is -2.39. The molecule has 0 aromatic heterocycles. The molecule has 2 heterocycles. The number of ether oxygens (including phenoxy) is 2. The van der Waals surface area contributed by atoms with Gasteiger partial charge in [-0.1, -0.05) is 0 Å². The summed E-state index contributed by atoms with van der Waals surface area (Å²) in [6, 6.07) is 9.19. The van der Waals surface area contributed by atoms with Crippen molar-refractivity contribution >= 4 is 23.6 Å². The molecule has 0 fully saturated rings. The predicted octanol–water partition coefficient (Wildman–Crippen LogP) is 2.64. The Hall–Kier alpha value is -2.74. The maximum Gasteiger partial charge on any atom is 0.251 e. The summed E-state index contributed by atoms with van der Waals surface area (Å²) in [5.41, 5.74) is 1.16. The third kappa shape index (κ3) is 3.85. The first kappa shape index (κ1) is 17.7. The van der Waals surface area contributed by atoms with Crippen LogP contribution in [0.15, 0.2) is 41.3 Å². The Morgan fingerprint density at radius 2 is 2.00 bits per heavy atom. The first-order valence-corrected chi connectivity index (χ1v) is 9.48. The standard InChI is InChI=1S/C19H17FN2O4S/c20-12-2-4-17-13(8-12)14(5-6-27-17)22-18(23)9-21-19(24)11-1-3-15-16(7-11)26-10-25-15/h1-4,7-8,14H,5-6,9-10H2,(H,21,24)(H,22,23)/t14-/m1/s1. The number of halogens is 1.